The van der Waals surface area contributed by atoms with Crippen LogP contribution in [-0.2, 0) is 16.1 Å². The maximum Gasteiger partial charge on any atom is 0.251 e. The van der Waals surface area contributed by atoms with Gasteiger partial charge in [-0.2, -0.15) is 0 Å². The summed E-state index contributed by atoms with van der Waals surface area (Å²) in [6.07, 6.45) is 2.72. The quantitative estimate of drug-likeness (QED) is 0.846. The zero-order chi connectivity index (χ0) is 13.7. The molecule has 1 aliphatic heterocycles. The van der Waals surface area contributed by atoms with Gasteiger partial charge in [-0.15, -0.1) is 0 Å². The normalized spacial score (nSPS) is 19.1. The van der Waals surface area contributed by atoms with Gasteiger partial charge in [-0.3, -0.25) is 4.79 Å². The molecule has 0 aromatic heterocycles. The maximum atomic E-state index is 12.4. The lowest BCUT2D eigenvalue weighted by molar-refractivity contribution is -0.146. The third-order valence-corrected chi connectivity index (χ3v) is 3.47. The highest BCUT2D eigenvalue weighted by molar-refractivity contribution is 5.81. The molecule has 0 spiro atoms. The third-order valence-electron chi connectivity index (χ3n) is 3.47. The molecular weight excluding hydrogens is 240 g/mol. The number of likely N-dealkylation sites (N-methyl/N-ethyl adjacent to an activating group) is 1. The highest BCUT2D eigenvalue weighted by Crippen LogP contribution is 2.17. The number of carbonyl (C=O) groups excluding carboxylic acids is 1. The molecule has 1 saturated heterocycles. The van der Waals surface area contributed by atoms with Crippen LogP contribution in [-0.4, -0.2) is 30.1 Å². The number of rotatable bonds is 4. The molecule has 4 nitrogen and oxygen atoms in total. The Kier molecular flexibility index (Phi) is 4.80. The van der Waals surface area contributed by atoms with Crippen LogP contribution in [0, 0.1) is 0 Å². The van der Waals surface area contributed by atoms with Gasteiger partial charge in [0.15, 0.2) is 0 Å². The largest absolute Gasteiger partial charge is 0.399 e. The minimum absolute atomic E-state index is 0.102. The summed E-state index contributed by atoms with van der Waals surface area (Å²) in [6.45, 7) is 3.98. The number of carbonyl (C=O) groups is 1. The molecule has 1 unspecified atom stereocenters. The average molecular weight is 262 g/mol. The van der Waals surface area contributed by atoms with E-state index in [1.54, 1.807) is 0 Å². The second-order valence-corrected chi connectivity index (χ2v) is 4.95. The second-order valence-electron chi connectivity index (χ2n) is 4.95. The number of nitrogen functional groups attached to an aromatic ring is 1. The molecule has 2 rings (SSSR count). The van der Waals surface area contributed by atoms with E-state index in [4.69, 9.17) is 10.5 Å². The van der Waals surface area contributed by atoms with Crippen LogP contribution in [0.1, 0.15) is 31.7 Å². The van der Waals surface area contributed by atoms with E-state index in [0.29, 0.717) is 19.7 Å². The molecule has 4 heteroatoms. The van der Waals surface area contributed by atoms with Crippen molar-refractivity contribution in [3.05, 3.63) is 29.8 Å². The second kappa shape index (κ2) is 6.57. The summed E-state index contributed by atoms with van der Waals surface area (Å²) in [5, 5.41) is 0. The molecule has 1 aliphatic rings. The van der Waals surface area contributed by atoms with Crippen molar-refractivity contribution < 1.29 is 9.53 Å². The predicted molar refractivity (Wildman–Crippen MR) is 75.5 cm³/mol. The average Bonchev–Trinajstić information content (AvgIpc) is 2.45. The van der Waals surface area contributed by atoms with Crippen molar-refractivity contribution in [1.29, 1.82) is 0 Å². The molecule has 1 atom stereocenters. The molecule has 104 valence electrons. The van der Waals surface area contributed by atoms with Crippen molar-refractivity contribution in [3.8, 4) is 0 Å². The Balaban J connectivity index is 2.00. The summed E-state index contributed by atoms with van der Waals surface area (Å²) in [7, 11) is 0. The van der Waals surface area contributed by atoms with Crippen LogP contribution < -0.4 is 5.73 Å². The summed E-state index contributed by atoms with van der Waals surface area (Å²) < 4.78 is 5.57. The Hall–Kier alpha value is -1.55. The van der Waals surface area contributed by atoms with Gasteiger partial charge in [0, 0.05) is 25.4 Å². The molecule has 0 aliphatic carbocycles. The molecule has 0 radical (unpaired) electrons. The molecule has 1 aromatic rings. The minimum Gasteiger partial charge on any atom is -0.399 e. The number of nitrogens with two attached hydrogens (primary N) is 1. The Morgan fingerprint density at radius 1 is 1.47 bits per heavy atom. The van der Waals surface area contributed by atoms with Gasteiger partial charge in [0.25, 0.3) is 5.91 Å². The standard InChI is InChI=1S/C15H22N2O2/c1-2-17(11-12-6-5-7-13(16)10-12)15(18)14-8-3-4-9-19-14/h5-7,10,14H,2-4,8-9,11,16H2,1H3. The zero-order valence-electron chi connectivity index (χ0n) is 11.5. The van der Waals surface area contributed by atoms with Crippen LogP contribution >= 0.6 is 0 Å². The summed E-state index contributed by atoms with van der Waals surface area (Å²) in [6, 6.07) is 7.68. The fourth-order valence-electron chi connectivity index (χ4n) is 2.40. The monoisotopic (exact) mass is 262 g/mol. The fraction of sp³-hybridized carbons (Fsp3) is 0.533. The molecule has 1 heterocycles. The van der Waals surface area contributed by atoms with Crippen molar-refractivity contribution in [3.63, 3.8) is 0 Å². The molecule has 19 heavy (non-hydrogen) atoms. The fourth-order valence-corrected chi connectivity index (χ4v) is 2.40. The first kappa shape index (κ1) is 13.9. The summed E-state index contributed by atoms with van der Waals surface area (Å²) in [5.74, 6) is 0.102. The molecule has 0 bridgehead atoms. The summed E-state index contributed by atoms with van der Waals surface area (Å²) in [5.41, 5.74) is 7.56. The molecule has 0 saturated carbocycles. The van der Waals surface area contributed by atoms with E-state index >= 15 is 0 Å². The predicted octanol–water partition coefficient (Wildman–Crippen LogP) is 2.19. The topological polar surface area (TPSA) is 55.6 Å². The Morgan fingerprint density at radius 3 is 2.95 bits per heavy atom. The molecule has 1 amide bonds. The van der Waals surface area contributed by atoms with E-state index in [1.165, 1.54) is 0 Å². The minimum atomic E-state index is -0.255. The number of ether oxygens (including phenoxy) is 1. The van der Waals surface area contributed by atoms with Gasteiger partial charge in [0.05, 0.1) is 0 Å². The van der Waals surface area contributed by atoms with E-state index in [1.807, 2.05) is 36.1 Å². The Morgan fingerprint density at radius 2 is 2.32 bits per heavy atom. The van der Waals surface area contributed by atoms with Gasteiger partial charge in [-0.25, -0.2) is 0 Å². The summed E-state index contributed by atoms with van der Waals surface area (Å²) >= 11 is 0. The number of hydrogen-bond donors (Lipinski definition) is 1. The smallest absolute Gasteiger partial charge is 0.251 e. The van der Waals surface area contributed by atoms with Gasteiger partial charge in [0.1, 0.15) is 6.10 Å². The Labute approximate surface area is 114 Å². The highest BCUT2D eigenvalue weighted by atomic mass is 16.5. The molecular formula is C15H22N2O2. The summed E-state index contributed by atoms with van der Waals surface area (Å²) in [4.78, 5) is 14.2. The number of benzene rings is 1. The van der Waals surface area contributed by atoms with E-state index in [-0.39, 0.29) is 12.0 Å². The van der Waals surface area contributed by atoms with Crippen molar-refractivity contribution >= 4 is 11.6 Å². The van der Waals surface area contributed by atoms with Crippen LogP contribution in [0.25, 0.3) is 0 Å². The first-order chi connectivity index (χ1) is 9.20. The SMILES string of the molecule is CCN(Cc1cccc(N)c1)C(=O)C1CCCCO1. The van der Waals surface area contributed by atoms with Crippen LogP contribution in [0.15, 0.2) is 24.3 Å². The van der Waals surface area contributed by atoms with Gasteiger partial charge in [-0.1, -0.05) is 12.1 Å². The lowest BCUT2D eigenvalue weighted by Gasteiger charge is -2.28. The van der Waals surface area contributed by atoms with Crippen LogP contribution in [0.3, 0.4) is 0 Å². The van der Waals surface area contributed by atoms with E-state index in [9.17, 15) is 4.79 Å². The lowest BCUT2D eigenvalue weighted by Crippen LogP contribution is -2.41. The van der Waals surface area contributed by atoms with Crippen molar-refractivity contribution in [2.75, 3.05) is 18.9 Å². The first-order valence-electron chi connectivity index (χ1n) is 6.95. The Bertz CT molecular complexity index is 428. The van der Waals surface area contributed by atoms with Crippen molar-refractivity contribution in [2.45, 2.75) is 38.8 Å². The lowest BCUT2D eigenvalue weighted by atomic mass is 10.1. The third kappa shape index (κ3) is 3.70. The van der Waals surface area contributed by atoms with Gasteiger partial charge < -0.3 is 15.4 Å². The van der Waals surface area contributed by atoms with Crippen LogP contribution in [0.2, 0.25) is 0 Å². The van der Waals surface area contributed by atoms with Crippen LogP contribution in [0.4, 0.5) is 5.69 Å². The number of amides is 1. The van der Waals surface area contributed by atoms with Gasteiger partial charge in [-0.05, 0) is 43.9 Å². The van der Waals surface area contributed by atoms with Crippen LogP contribution in [0.5, 0.6) is 0 Å². The van der Waals surface area contributed by atoms with E-state index in [2.05, 4.69) is 0 Å². The van der Waals surface area contributed by atoms with Crippen molar-refractivity contribution in [2.24, 2.45) is 0 Å². The first-order valence-corrected chi connectivity index (χ1v) is 6.95. The van der Waals surface area contributed by atoms with E-state index < -0.39 is 0 Å². The highest BCUT2D eigenvalue weighted by Gasteiger charge is 2.26. The molecule has 1 aromatic carbocycles. The van der Waals surface area contributed by atoms with Gasteiger partial charge in [0.2, 0.25) is 0 Å². The van der Waals surface area contributed by atoms with Crippen molar-refractivity contribution in [1.82, 2.24) is 4.90 Å². The number of hydrogen-bond acceptors (Lipinski definition) is 3. The zero-order valence-corrected chi connectivity index (χ0v) is 11.5. The van der Waals surface area contributed by atoms with Gasteiger partial charge >= 0.3 is 0 Å². The number of anilines is 1. The molecule has 2 N–H and O–H groups in total. The molecule has 1 fully saturated rings. The van der Waals surface area contributed by atoms with E-state index in [0.717, 1.165) is 30.5 Å². The number of nitrogens with zero attached hydrogens (tertiary/aromatic N) is 1. The maximum absolute atomic E-state index is 12.4.